The number of nitrogens with one attached hydrogen (secondary N) is 2. The van der Waals surface area contributed by atoms with Gasteiger partial charge in [0.25, 0.3) is 0 Å². The lowest BCUT2D eigenvalue weighted by molar-refractivity contribution is 0.593. The van der Waals surface area contributed by atoms with E-state index in [-0.39, 0.29) is 0 Å². The Labute approximate surface area is 110 Å². The van der Waals surface area contributed by atoms with Crippen molar-refractivity contribution in [3.63, 3.8) is 0 Å². The molecule has 1 rings (SSSR count). The topological polar surface area (TPSA) is 62.4 Å². The minimum absolute atomic E-state index is 0.344. The first-order valence-electron chi connectivity index (χ1n) is 6.57. The number of nitrogens with two attached hydrogens (primary N) is 1. The highest BCUT2D eigenvalue weighted by Crippen LogP contribution is 2.04. The molecule has 0 fully saturated rings. The van der Waals surface area contributed by atoms with Gasteiger partial charge < -0.3 is 5.32 Å². The molecular weight excluding hydrogens is 224 g/mol. The maximum absolute atomic E-state index is 5.43. The molecule has 1 aromatic carbocycles. The Morgan fingerprint density at radius 3 is 2.67 bits per heavy atom. The summed E-state index contributed by atoms with van der Waals surface area (Å²) >= 11 is 0. The average molecular weight is 248 g/mol. The molecule has 4 nitrogen and oxygen atoms in total. The Kier molecular flexibility index (Phi) is 6.87. The van der Waals surface area contributed by atoms with Crippen molar-refractivity contribution >= 4 is 5.96 Å². The van der Waals surface area contributed by atoms with Gasteiger partial charge in [0.1, 0.15) is 0 Å². The molecule has 0 bridgehead atoms. The zero-order valence-corrected chi connectivity index (χ0v) is 11.3. The summed E-state index contributed by atoms with van der Waals surface area (Å²) in [6, 6.07) is 10.8. The maximum atomic E-state index is 5.43. The van der Waals surface area contributed by atoms with E-state index < -0.39 is 0 Å². The quantitative estimate of drug-likeness (QED) is 0.311. The first kappa shape index (κ1) is 14.5. The second kappa shape index (κ2) is 8.53. The summed E-state index contributed by atoms with van der Waals surface area (Å²) in [6.07, 6.45) is 3.13. The monoisotopic (exact) mass is 248 g/mol. The van der Waals surface area contributed by atoms with Gasteiger partial charge in [0, 0.05) is 12.6 Å². The maximum Gasteiger partial charge on any atom is 0.205 e. The Bertz CT molecular complexity index is 348. The van der Waals surface area contributed by atoms with E-state index in [1.165, 1.54) is 5.56 Å². The lowest BCUT2D eigenvalue weighted by Gasteiger charge is -2.16. The van der Waals surface area contributed by atoms with Crippen molar-refractivity contribution in [1.29, 1.82) is 0 Å². The zero-order valence-electron chi connectivity index (χ0n) is 11.3. The van der Waals surface area contributed by atoms with Crippen molar-refractivity contribution in [3.05, 3.63) is 35.9 Å². The molecular formula is C14H24N4. The number of aliphatic imine (C=N–C) groups is 1. The number of hydrogen-bond donors (Lipinski definition) is 3. The number of hydrogen-bond acceptors (Lipinski definition) is 2. The SMILES string of the molecule is CCCN=C(NN)NC(C)CCc1ccccc1. The first-order valence-corrected chi connectivity index (χ1v) is 6.57. The molecule has 0 heterocycles. The number of aryl methyl sites for hydroxylation is 1. The summed E-state index contributed by atoms with van der Waals surface area (Å²) in [5.41, 5.74) is 3.96. The van der Waals surface area contributed by atoms with Crippen molar-refractivity contribution in [2.24, 2.45) is 10.8 Å². The molecule has 0 amide bonds. The third-order valence-electron chi connectivity index (χ3n) is 2.72. The Morgan fingerprint density at radius 2 is 2.06 bits per heavy atom. The highest BCUT2D eigenvalue weighted by atomic mass is 15.3. The fourth-order valence-corrected chi connectivity index (χ4v) is 1.69. The third-order valence-corrected chi connectivity index (χ3v) is 2.72. The molecule has 0 aliphatic carbocycles. The number of benzene rings is 1. The van der Waals surface area contributed by atoms with E-state index in [0.29, 0.717) is 12.0 Å². The van der Waals surface area contributed by atoms with E-state index in [9.17, 15) is 0 Å². The number of nitrogens with zero attached hydrogens (tertiary/aromatic N) is 1. The predicted molar refractivity (Wildman–Crippen MR) is 77.3 cm³/mol. The van der Waals surface area contributed by atoms with E-state index in [1.807, 2.05) is 6.07 Å². The zero-order chi connectivity index (χ0) is 13.2. The van der Waals surface area contributed by atoms with Crippen LogP contribution in [0.15, 0.2) is 35.3 Å². The van der Waals surface area contributed by atoms with Crippen LogP contribution in [0.4, 0.5) is 0 Å². The van der Waals surface area contributed by atoms with Crippen molar-refractivity contribution in [2.45, 2.75) is 39.2 Å². The number of rotatable bonds is 6. The van der Waals surface area contributed by atoms with Crippen LogP contribution in [-0.2, 0) is 6.42 Å². The van der Waals surface area contributed by atoms with Gasteiger partial charge in [-0.2, -0.15) is 0 Å². The fraction of sp³-hybridized carbons (Fsp3) is 0.500. The van der Waals surface area contributed by atoms with Crippen LogP contribution in [0.25, 0.3) is 0 Å². The number of hydrazine groups is 1. The molecule has 4 heteroatoms. The molecule has 1 unspecified atom stereocenters. The molecule has 4 N–H and O–H groups in total. The van der Waals surface area contributed by atoms with Crippen LogP contribution in [0, 0.1) is 0 Å². The fourth-order valence-electron chi connectivity index (χ4n) is 1.69. The van der Waals surface area contributed by atoms with Crippen LogP contribution in [0.3, 0.4) is 0 Å². The molecule has 0 aliphatic heterocycles. The van der Waals surface area contributed by atoms with Crippen LogP contribution in [-0.4, -0.2) is 18.5 Å². The van der Waals surface area contributed by atoms with Crippen molar-refractivity contribution in [2.75, 3.05) is 6.54 Å². The van der Waals surface area contributed by atoms with Gasteiger partial charge in [0.15, 0.2) is 0 Å². The van der Waals surface area contributed by atoms with Crippen LogP contribution in [0.1, 0.15) is 32.3 Å². The van der Waals surface area contributed by atoms with Crippen molar-refractivity contribution in [1.82, 2.24) is 10.7 Å². The minimum atomic E-state index is 0.344. The highest BCUT2D eigenvalue weighted by Gasteiger charge is 2.04. The summed E-state index contributed by atoms with van der Waals surface area (Å²) in [5.74, 6) is 6.10. The second-order valence-electron chi connectivity index (χ2n) is 4.44. The summed E-state index contributed by atoms with van der Waals surface area (Å²) in [5, 5.41) is 3.29. The summed E-state index contributed by atoms with van der Waals surface area (Å²) < 4.78 is 0. The molecule has 0 aliphatic rings. The highest BCUT2D eigenvalue weighted by molar-refractivity contribution is 5.79. The average Bonchev–Trinajstić information content (AvgIpc) is 2.42. The van der Waals surface area contributed by atoms with Crippen LogP contribution in [0.5, 0.6) is 0 Å². The minimum Gasteiger partial charge on any atom is -0.353 e. The number of guanidine groups is 1. The molecule has 0 saturated carbocycles. The van der Waals surface area contributed by atoms with Gasteiger partial charge in [-0.05, 0) is 31.7 Å². The third kappa shape index (κ3) is 5.68. The van der Waals surface area contributed by atoms with E-state index >= 15 is 0 Å². The van der Waals surface area contributed by atoms with E-state index in [0.717, 1.165) is 25.8 Å². The molecule has 0 spiro atoms. The van der Waals surface area contributed by atoms with E-state index in [2.05, 4.69) is 53.8 Å². The molecule has 1 aromatic rings. The van der Waals surface area contributed by atoms with Gasteiger partial charge in [-0.15, -0.1) is 0 Å². The lowest BCUT2D eigenvalue weighted by Crippen LogP contribution is -2.45. The van der Waals surface area contributed by atoms with E-state index in [4.69, 9.17) is 5.84 Å². The lowest BCUT2D eigenvalue weighted by atomic mass is 10.1. The normalized spacial score (nSPS) is 13.2. The molecule has 18 heavy (non-hydrogen) atoms. The summed E-state index contributed by atoms with van der Waals surface area (Å²) in [7, 11) is 0. The molecule has 0 radical (unpaired) electrons. The molecule has 1 atom stereocenters. The van der Waals surface area contributed by atoms with E-state index in [1.54, 1.807) is 0 Å². The van der Waals surface area contributed by atoms with Crippen LogP contribution >= 0.6 is 0 Å². The standard InChI is InChI=1S/C14H24N4/c1-3-11-16-14(18-15)17-12(2)9-10-13-7-5-4-6-8-13/h4-8,12H,3,9-11,15H2,1-2H3,(H2,16,17,18). The Hall–Kier alpha value is -1.55. The largest absolute Gasteiger partial charge is 0.353 e. The smallest absolute Gasteiger partial charge is 0.205 e. The van der Waals surface area contributed by atoms with Crippen molar-refractivity contribution < 1.29 is 0 Å². The summed E-state index contributed by atoms with van der Waals surface area (Å²) in [6.45, 7) is 5.02. The summed E-state index contributed by atoms with van der Waals surface area (Å²) in [4.78, 5) is 4.33. The Morgan fingerprint density at radius 1 is 1.33 bits per heavy atom. The van der Waals surface area contributed by atoms with Gasteiger partial charge in [0.05, 0.1) is 0 Å². The van der Waals surface area contributed by atoms with Gasteiger partial charge >= 0.3 is 0 Å². The van der Waals surface area contributed by atoms with Crippen LogP contribution < -0.4 is 16.6 Å². The van der Waals surface area contributed by atoms with Gasteiger partial charge in [-0.25, -0.2) is 5.84 Å². The molecule has 0 saturated heterocycles. The first-order chi connectivity index (χ1) is 8.76. The second-order valence-corrected chi connectivity index (χ2v) is 4.44. The van der Waals surface area contributed by atoms with Gasteiger partial charge in [-0.3, -0.25) is 10.4 Å². The molecule has 0 aromatic heterocycles. The Balaban J connectivity index is 2.34. The van der Waals surface area contributed by atoms with Gasteiger partial charge in [-0.1, -0.05) is 37.3 Å². The molecule has 100 valence electrons. The van der Waals surface area contributed by atoms with Gasteiger partial charge in [0.2, 0.25) is 5.96 Å². The predicted octanol–water partition coefficient (Wildman–Crippen LogP) is 1.83. The van der Waals surface area contributed by atoms with Crippen molar-refractivity contribution in [3.8, 4) is 0 Å². The van der Waals surface area contributed by atoms with Crippen LogP contribution in [0.2, 0.25) is 0 Å².